The maximum absolute atomic E-state index is 6.73. The molecule has 0 fully saturated rings. The van der Waals surface area contributed by atoms with Crippen LogP contribution in [0.4, 0.5) is 0 Å². The maximum Gasteiger partial charge on any atom is 0.193 e. The topological polar surface area (TPSA) is 18.5 Å². The van der Waals surface area contributed by atoms with Crippen molar-refractivity contribution in [1.29, 1.82) is 0 Å². The molecule has 0 bridgehead atoms. The van der Waals surface area contributed by atoms with Gasteiger partial charge in [0.25, 0.3) is 0 Å². The molecule has 0 N–H and O–H groups in total. The summed E-state index contributed by atoms with van der Waals surface area (Å²) in [6.45, 7) is 23.6. The van der Waals surface area contributed by atoms with E-state index < -0.39 is 16.6 Å². The van der Waals surface area contributed by atoms with Gasteiger partial charge in [-0.05, 0) is 41.8 Å². The summed E-state index contributed by atoms with van der Waals surface area (Å²) in [5.41, 5.74) is 1.22. The summed E-state index contributed by atoms with van der Waals surface area (Å²) < 4.78 is 13.2. The lowest BCUT2D eigenvalue weighted by Gasteiger charge is -2.41. The van der Waals surface area contributed by atoms with Crippen LogP contribution in [0.25, 0.3) is 0 Å². The van der Waals surface area contributed by atoms with Crippen LogP contribution in [0.3, 0.4) is 0 Å². The second kappa shape index (κ2) is 7.44. The average Bonchev–Trinajstić information content (AvgIpc) is 2.42. The van der Waals surface area contributed by atoms with Gasteiger partial charge in [0.15, 0.2) is 16.6 Å². The summed E-state index contributed by atoms with van der Waals surface area (Å²) in [6, 6.07) is 10.6. The number of hydrogen-bond acceptors (Lipinski definition) is 2. The lowest BCUT2D eigenvalue weighted by Crippen LogP contribution is -2.45. The fraction of sp³-hybridized carbons (Fsp3) is 0.700. The Hall–Kier alpha value is -0.426. The molecule has 0 saturated heterocycles. The quantitative estimate of drug-likeness (QED) is 0.517. The summed E-state index contributed by atoms with van der Waals surface area (Å²) in [7, 11) is -3.64. The largest absolute Gasteiger partial charge is 0.414 e. The molecule has 0 aromatic heterocycles. The zero-order chi connectivity index (χ0) is 18.8. The van der Waals surface area contributed by atoms with Crippen molar-refractivity contribution in [3.8, 4) is 0 Å². The molecule has 1 aromatic rings. The molecule has 0 aliphatic heterocycles. The first-order valence-corrected chi connectivity index (χ1v) is 14.9. The smallest absolute Gasteiger partial charge is 0.193 e. The van der Waals surface area contributed by atoms with E-state index in [1.165, 1.54) is 5.56 Å². The van der Waals surface area contributed by atoms with Gasteiger partial charge in [-0.2, -0.15) is 0 Å². The Morgan fingerprint density at radius 1 is 0.792 bits per heavy atom. The van der Waals surface area contributed by atoms with E-state index in [1.54, 1.807) is 0 Å². The van der Waals surface area contributed by atoms with Crippen LogP contribution in [0.1, 0.15) is 53.2 Å². The minimum absolute atomic E-state index is 0.0150. The maximum atomic E-state index is 6.73. The van der Waals surface area contributed by atoms with Crippen LogP contribution in [0.15, 0.2) is 30.3 Å². The lowest BCUT2D eigenvalue weighted by atomic mass is 10.1. The average molecular weight is 367 g/mol. The van der Waals surface area contributed by atoms with Crippen LogP contribution in [0.2, 0.25) is 36.3 Å². The van der Waals surface area contributed by atoms with Crippen molar-refractivity contribution in [2.45, 2.75) is 83.9 Å². The van der Waals surface area contributed by atoms with Crippen LogP contribution < -0.4 is 0 Å². The Morgan fingerprint density at radius 3 is 1.67 bits per heavy atom. The summed E-state index contributed by atoms with van der Waals surface area (Å²) in [5.74, 6) is 0. The van der Waals surface area contributed by atoms with Crippen LogP contribution in [0, 0.1) is 0 Å². The summed E-state index contributed by atoms with van der Waals surface area (Å²) in [6.07, 6.45) is 0.0150. The van der Waals surface area contributed by atoms with Crippen molar-refractivity contribution in [2.24, 2.45) is 0 Å². The number of benzene rings is 1. The number of rotatable bonds is 6. The van der Waals surface area contributed by atoms with Gasteiger partial charge in [0, 0.05) is 0 Å². The highest BCUT2D eigenvalue weighted by molar-refractivity contribution is 6.74. The molecule has 0 spiro atoms. The molecular formula is C20H38O2Si2. The lowest BCUT2D eigenvalue weighted by molar-refractivity contribution is 0.108. The van der Waals surface area contributed by atoms with Gasteiger partial charge in [-0.3, -0.25) is 0 Å². The Labute approximate surface area is 152 Å². The SMILES string of the molecule is CC(C)(C)[Si](C)(C)OC[C@H](O[Si](C)(C)C(C)(C)C)c1ccccc1. The molecule has 2 nitrogen and oxygen atoms in total. The van der Waals surface area contributed by atoms with E-state index in [4.69, 9.17) is 8.85 Å². The Morgan fingerprint density at radius 2 is 1.25 bits per heavy atom. The molecule has 0 unspecified atom stereocenters. The first kappa shape index (κ1) is 21.6. The van der Waals surface area contributed by atoms with Gasteiger partial charge in [-0.1, -0.05) is 71.9 Å². The molecule has 4 heteroatoms. The molecule has 1 rings (SSSR count). The fourth-order valence-electron chi connectivity index (χ4n) is 1.90. The Balaban J connectivity index is 3.01. The highest BCUT2D eigenvalue weighted by Crippen LogP contribution is 2.41. The monoisotopic (exact) mass is 366 g/mol. The summed E-state index contributed by atoms with van der Waals surface area (Å²) in [4.78, 5) is 0. The zero-order valence-corrected chi connectivity index (χ0v) is 19.5. The van der Waals surface area contributed by atoms with Gasteiger partial charge in [0.1, 0.15) is 0 Å². The van der Waals surface area contributed by atoms with E-state index in [9.17, 15) is 0 Å². The first-order valence-electron chi connectivity index (χ1n) is 9.04. The van der Waals surface area contributed by atoms with Crippen molar-refractivity contribution in [3.05, 3.63) is 35.9 Å². The first-order chi connectivity index (χ1) is 10.7. The molecule has 0 radical (unpaired) electrons. The zero-order valence-electron chi connectivity index (χ0n) is 17.5. The molecule has 0 aliphatic rings. The predicted molar refractivity (Wildman–Crippen MR) is 111 cm³/mol. The summed E-state index contributed by atoms with van der Waals surface area (Å²) in [5, 5.41) is 0.405. The fourth-order valence-corrected chi connectivity index (χ4v) is 4.17. The third kappa shape index (κ3) is 5.55. The third-order valence-electron chi connectivity index (χ3n) is 5.82. The highest BCUT2D eigenvalue weighted by atomic mass is 28.4. The van der Waals surface area contributed by atoms with Gasteiger partial charge >= 0.3 is 0 Å². The molecule has 1 aromatic carbocycles. The second-order valence-corrected chi connectivity index (χ2v) is 19.4. The standard InChI is InChI=1S/C20H38O2Si2/c1-19(2,3)23(7,8)21-16-18(17-14-12-11-13-15-17)22-24(9,10)20(4,5)6/h11-15,18H,16H2,1-10H3/t18-/m0/s1. The van der Waals surface area contributed by atoms with Gasteiger partial charge < -0.3 is 8.85 Å². The summed E-state index contributed by atoms with van der Waals surface area (Å²) >= 11 is 0. The highest BCUT2D eigenvalue weighted by Gasteiger charge is 2.41. The van der Waals surface area contributed by atoms with E-state index in [1.807, 2.05) is 0 Å². The minimum atomic E-state index is -1.86. The van der Waals surface area contributed by atoms with Crippen molar-refractivity contribution < 1.29 is 8.85 Å². The Kier molecular flexibility index (Phi) is 6.70. The van der Waals surface area contributed by atoms with Crippen LogP contribution >= 0.6 is 0 Å². The van der Waals surface area contributed by atoms with Crippen molar-refractivity contribution in [3.63, 3.8) is 0 Å². The number of hydrogen-bond donors (Lipinski definition) is 0. The van der Waals surface area contributed by atoms with Crippen LogP contribution in [-0.4, -0.2) is 23.2 Å². The normalized spacial score (nSPS) is 15.4. The van der Waals surface area contributed by atoms with Gasteiger partial charge in [0.05, 0.1) is 12.7 Å². The second-order valence-electron chi connectivity index (χ2n) is 9.85. The molecule has 1 atom stereocenters. The molecule has 0 heterocycles. The minimum Gasteiger partial charge on any atom is -0.414 e. The van der Waals surface area contributed by atoms with E-state index in [2.05, 4.69) is 98.1 Å². The predicted octanol–water partition coefficient (Wildman–Crippen LogP) is 6.77. The van der Waals surface area contributed by atoms with E-state index >= 15 is 0 Å². The molecular weight excluding hydrogens is 328 g/mol. The molecule has 0 amide bonds. The molecule has 24 heavy (non-hydrogen) atoms. The van der Waals surface area contributed by atoms with E-state index in [0.29, 0.717) is 6.61 Å². The molecule has 0 aliphatic carbocycles. The van der Waals surface area contributed by atoms with Gasteiger partial charge in [-0.15, -0.1) is 0 Å². The van der Waals surface area contributed by atoms with Gasteiger partial charge in [0.2, 0.25) is 0 Å². The van der Waals surface area contributed by atoms with Crippen LogP contribution in [0.5, 0.6) is 0 Å². The van der Waals surface area contributed by atoms with Crippen LogP contribution in [-0.2, 0) is 8.85 Å². The van der Waals surface area contributed by atoms with E-state index in [-0.39, 0.29) is 16.2 Å². The Bertz CT molecular complexity index is 511. The van der Waals surface area contributed by atoms with Gasteiger partial charge in [-0.25, -0.2) is 0 Å². The molecule has 138 valence electrons. The molecule has 0 saturated carbocycles. The van der Waals surface area contributed by atoms with Crippen molar-refractivity contribution >= 4 is 16.6 Å². The third-order valence-corrected chi connectivity index (χ3v) is 14.8. The van der Waals surface area contributed by atoms with E-state index in [0.717, 1.165) is 0 Å². The van der Waals surface area contributed by atoms with Crippen molar-refractivity contribution in [2.75, 3.05) is 6.61 Å². The van der Waals surface area contributed by atoms with Crippen molar-refractivity contribution in [1.82, 2.24) is 0 Å².